The second-order valence-electron chi connectivity index (χ2n) is 14.7. The Morgan fingerprint density at radius 3 is 2.31 bits per heavy atom. The molecule has 2 heterocycles. The van der Waals surface area contributed by atoms with Gasteiger partial charge < -0.3 is 35.7 Å². The van der Waals surface area contributed by atoms with Gasteiger partial charge in [0.1, 0.15) is 0 Å². The molecule has 0 aromatic heterocycles. The van der Waals surface area contributed by atoms with E-state index in [4.69, 9.17) is 19.9 Å². The molecule has 0 radical (unpaired) electrons. The van der Waals surface area contributed by atoms with Crippen molar-refractivity contribution in [2.75, 3.05) is 37.9 Å². The summed E-state index contributed by atoms with van der Waals surface area (Å²) in [5, 5.41) is 15.6. The summed E-state index contributed by atoms with van der Waals surface area (Å²) in [7, 11) is 1.77. The van der Waals surface area contributed by atoms with E-state index in [2.05, 4.69) is 51.9 Å². The molecule has 2 aliphatic rings. The Hall–Kier alpha value is -4.58. The molecule has 0 saturated carbocycles. The zero-order chi connectivity index (χ0) is 38.4. The minimum atomic E-state index is -0.529. The number of rotatable bonds is 18. The van der Waals surface area contributed by atoms with Gasteiger partial charge in [0, 0.05) is 51.1 Å². The summed E-state index contributed by atoms with van der Waals surface area (Å²) >= 11 is 0. The van der Waals surface area contributed by atoms with Crippen molar-refractivity contribution in [2.24, 2.45) is 0 Å². The van der Waals surface area contributed by atoms with Gasteiger partial charge in [0.25, 0.3) is 0 Å². The maximum atomic E-state index is 12.8. The fraction of sp³-hybridized carbons (Fsp3) is 0.422. The molecular formula is C45H56N4O6. The zero-order valence-corrected chi connectivity index (χ0v) is 32.0. The van der Waals surface area contributed by atoms with Crippen molar-refractivity contribution < 1.29 is 28.9 Å². The number of nitrogens with two attached hydrogens (primary N) is 1. The lowest BCUT2D eigenvalue weighted by Crippen LogP contribution is -2.42. The van der Waals surface area contributed by atoms with Crippen LogP contribution in [0.3, 0.4) is 0 Å². The van der Waals surface area contributed by atoms with Gasteiger partial charge in [-0.1, -0.05) is 97.8 Å². The first-order chi connectivity index (χ1) is 26.9. The molecule has 4 aromatic carbocycles. The van der Waals surface area contributed by atoms with Crippen LogP contribution in [0, 0.1) is 0 Å². The Balaban J connectivity index is 1.01. The predicted octanol–water partition coefficient (Wildman–Crippen LogP) is 7.68. The summed E-state index contributed by atoms with van der Waals surface area (Å²) in [6, 6.07) is 32.2. The smallest absolute Gasteiger partial charge is 0.224 e. The molecule has 292 valence electrons. The van der Waals surface area contributed by atoms with Crippen LogP contribution in [0.2, 0.25) is 0 Å². The van der Waals surface area contributed by atoms with Gasteiger partial charge in [0.15, 0.2) is 6.29 Å². The number of hydrogen-bond donors (Lipinski definition) is 4. The summed E-state index contributed by atoms with van der Waals surface area (Å²) in [4.78, 5) is 27.5. The van der Waals surface area contributed by atoms with Crippen molar-refractivity contribution in [1.82, 2.24) is 10.2 Å². The molecule has 2 fully saturated rings. The highest BCUT2D eigenvalue weighted by Gasteiger charge is 2.35. The third kappa shape index (κ3) is 11.5. The van der Waals surface area contributed by atoms with E-state index in [1.165, 1.54) is 0 Å². The zero-order valence-electron chi connectivity index (χ0n) is 32.0. The van der Waals surface area contributed by atoms with Gasteiger partial charge in [-0.15, -0.1) is 0 Å². The van der Waals surface area contributed by atoms with Gasteiger partial charge >= 0.3 is 0 Å². The van der Waals surface area contributed by atoms with Crippen molar-refractivity contribution in [3.63, 3.8) is 0 Å². The number of methoxy groups -OCH3 is 1. The minimum Gasteiger partial charge on any atom is -0.397 e. The molecule has 0 unspecified atom stereocenters. The van der Waals surface area contributed by atoms with E-state index < -0.39 is 6.29 Å². The van der Waals surface area contributed by atoms with Crippen LogP contribution in [-0.2, 0) is 37.0 Å². The van der Waals surface area contributed by atoms with Crippen LogP contribution < -0.4 is 16.4 Å². The molecule has 0 aliphatic carbocycles. The Kier molecular flexibility index (Phi) is 14.8. The van der Waals surface area contributed by atoms with Gasteiger partial charge in [0.2, 0.25) is 11.8 Å². The summed E-state index contributed by atoms with van der Waals surface area (Å²) in [5.41, 5.74) is 13.2. The summed E-state index contributed by atoms with van der Waals surface area (Å²) in [6.45, 7) is 3.03. The molecule has 6 rings (SSSR count). The van der Waals surface area contributed by atoms with Crippen LogP contribution in [0.15, 0.2) is 97.1 Å². The lowest BCUT2D eigenvalue weighted by atomic mass is 9.97. The molecule has 5 N–H and O–H groups in total. The number of benzene rings is 4. The highest BCUT2D eigenvalue weighted by atomic mass is 16.7. The lowest BCUT2D eigenvalue weighted by Gasteiger charge is -2.38. The van der Waals surface area contributed by atoms with E-state index in [9.17, 15) is 14.7 Å². The number of carbonyl (C=O) groups is 2. The molecule has 2 aliphatic heterocycles. The van der Waals surface area contributed by atoms with Crippen molar-refractivity contribution in [2.45, 2.75) is 95.5 Å². The number of nitrogens with one attached hydrogen (secondary N) is 2. The van der Waals surface area contributed by atoms with Gasteiger partial charge in [0.05, 0.1) is 36.8 Å². The van der Waals surface area contributed by atoms with Crippen LogP contribution >= 0.6 is 0 Å². The first-order valence-corrected chi connectivity index (χ1v) is 19.7. The summed E-state index contributed by atoms with van der Waals surface area (Å²) in [5.74, 6) is -0.0281. The normalized spacial score (nSPS) is 20.0. The Morgan fingerprint density at radius 1 is 0.855 bits per heavy atom. The quantitative estimate of drug-likeness (QED) is 0.0602. The molecule has 10 heteroatoms. The number of anilines is 2. The molecule has 2 amide bonds. The largest absolute Gasteiger partial charge is 0.397 e. The molecule has 4 aromatic rings. The summed E-state index contributed by atoms with van der Waals surface area (Å²) in [6.07, 6.45) is 6.52. The van der Waals surface area contributed by atoms with Crippen LogP contribution in [0.4, 0.5) is 11.4 Å². The molecular weight excluding hydrogens is 693 g/mol. The molecule has 0 spiro atoms. The van der Waals surface area contributed by atoms with Crippen molar-refractivity contribution in [3.8, 4) is 11.1 Å². The number of ether oxygens (including phenoxy) is 3. The number of unbranched alkanes of at least 4 members (excludes halogenated alkanes) is 3. The first kappa shape index (κ1) is 40.1. The fourth-order valence-electron chi connectivity index (χ4n) is 7.62. The topological polar surface area (TPSA) is 135 Å². The second kappa shape index (κ2) is 20.4. The van der Waals surface area contributed by atoms with Crippen LogP contribution in [-0.4, -0.2) is 60.8 Å². The molecule has 4 atom stereocenters. The van der Waals surface area contributed by atoms with Crippen molar-refractivity contribution in [1.29, 1.82) is 0 Å². The standard InChI is InChI=1S/C45H56N4O6/c1-53-31-37-12-10-26-49(37)29-38-27-42(34-20-18-32(30-50)19-21-34)55-45(54-38)35-24-22-33(23-25-35)39-13-7-6-11-36(39)28-47-43(51)16-4-2-3-5-17-44(52)48-41-15-9-8-14-40(41)46/h6-9,11,13-15,18-25,37-38,42,45,50H,2-5,10,12,16-17,26-31,46H2,1H3,(H,47,51)(H,48,52)/t37-,38+,42-,45-/m0/s1. The number of para-hydroxylation sites is 2. The lowest BCUT2D eigenvalue weighted by molar-refractivity contribution is -0.253. The average Bonchev–Trinajstić information content (AvgIpc) is 3.65. The van der Waals surface area contributed by atoms with Crippen LogP contribution in [0.1, 0.15) is 92.4 Å². The number of nitrogens with zero attached hydrogens (tertiary/aromatic N) is 1. The average molecular weight is 749 g/mol. The SMILES string of the molecule is COC[C@@H]1CCCN1C[C@H]1C[C@@H](c2ccc(CO)cc2)O[C@@H](c2ccc(-c3ccccc3CNC(=O)CCCCCCC(=O)Nc3ccccc3N)cc2)O1. The highest BCUT2D eigenvalue weighted by Crippen LogP contribution is 2.39. The maximum Gasteiger partial charge on any atom is 0.224 e. The molecule has 0 bridgehead atoms. The predicted molar refractivity (Wildman–Crippen MR) is 216 cm³/mol. The van der Waals surface area contributed by atoms with E-state index in [1.807, 2.05) is 48.5 Å². The third-order valence-electron chi connectivity index (χ3n) is 10.7. The number of aliphatic hydroxyl groups is 1. The second-order valence-corrected chi connectivity index (χ2v) is 14.7. The molecule has 2 saturated heterocycles. The molecule has 10 nitrogen and oxygen atoms in total. The number of carbonyl (C=O) groups excluding carboxylic acids is 2. The number of hydrogen-bond acceptors (Lipinski definition) is 8. The number of amides is 2. The van der Waals surface area contributed by atoms with Crippen molar-refractivity contribution >= 4 is 23.2 Å². The third-order valence-corrected chi connectivity index (χ3v) is 10.7. The number of likely N-dealkylation sites (tertiary alicyclic amines) is 1. The Morgan fingerprint density at radius 2 is 1.56 bits per heavy atom. The Bertz CT molecular complexity index is 1820. The van der Waals surface area contributed by atoms with Gasteiger partial charge in [-0.05, 0) is 72.2 Å². The highest BCUT2D eigenvalue weighted by molar-refractivity contribution is 5.93. The van der Waals surface area contributed by atoms with E-state index in [1.54, 1.807) is 19.2 Å². The van der Waals surface area contributed by atoms with Crippen molar-refractivity contribution in [3.05, 3.63) is 119 Å². The summed E-state index contributed by atoms with van der Waals surface area (Å²) < 4.78 is 18.8. The molecule has 55 heavy (non-hydrogen) atoms. The number of aliphatic hydroxyl groups excluding tert-OH is 1. The first-order valence-electron chi connectivity index (χ1n) is 19.7. The fourth-order valence-corrected chi connectivity index (χ4v) is 7.62. The van der Waals surface area contributed by atoms with Gasteiger partial charge in [-0.2, -0.15) is 0 Å². The minimum absolute atomic E-state index is 0.00875. The van der Waals surface area contributed by atoms with E-state index in [0.717, 1.165) is 98.0 Å². The Labute approximate surface area is 325 Å². The van der Waals surface area contributed by atoms with E-state index >= 15 is 0 Å². The maximum absolute atomic E-state index is 12.8. The number of nitrogen functional groups attached to an aromatic ring is 1. The van der Waals surface area contributed by atoms with E-state index in [-0.39, 0.29) is 30.6 Å². The van der Waals surface area contributed by atoms with Crippen LogP contribution in [0.5, 0.6) is 0 Å². The van der Waals surface area contributed by atoms with Crippen LogP contribution in [0.25, 0.3) is 11.1 Å². The van der Waals surface area contributed by atoms with Gasteiger partial charge in [-0.3, -0.25) is 14.5 Å². The monoisotopic (exact) mass is 748 g/mol. The van der Waals surface area contributed by atoms with Gasteiger partial charge in [-0.25, -0.2) is 0 Å². The van der Waals surface area contributed by atoms with E-state index in [0.29, 0.717) is 36.8 Å².